The number of carbonyl (C=O) groups excluding carboxylic acids is 1. The maximum absolute atomic E-state index is 11.2. The van der Waals surface area contributed by atoms with Crippen LogP contribution >= 0.6 is 0 Å². The molecular formula is C14H25NO3. The Labute approximate surface area is 110 Å². The first-order valence-electron chi connectivity index (χ1n) is 6.52. The van der Waals surface area contributed by atoms with Crippen LogP contribution in [0.2, 0.25) is 0 Å². The van der Waals surface area contributed by atoms with Crippen molar-refractivity contribution in [2.45, 2.75) is 65.4 Å². The fourth-order valence-electron chi connectivity index (χ4n) is 1.21. The number of unbranched alkanes of at least 4 members (excludes halogenated alkanes) is 4. The molecule has 4 heteroatoms. The molecule has 0 unspecified atom stereocenters. The third-order valence-corrected chi connectivity index (χ3v) is 1.98. The minimum Gasteiger partial charge on any atom is -0.442 e. The topological polar surface area (TPSA) is 47.6 Å². The van der Waals surface area contributed by atoms with Gasteiger partial charge in [-0.25, -0.2) is 4.79 Å². The van der Waals surface area contributed by atoms with Crippen molar-refractivity contribution < 1.29 is 14.4 Å². The van der Waals surface area contributed by atoms with E-state index in [1.54, 1.807) is 20.8 Å². The minimum atomic E-state index is -0.591. The molecule has 0 fully saturated rings. The zero-order valence-corrected chi connectivity index (χ0v) is 12.0. The average molecular weight is 255 g/mol. The maximum atomic E-state index is 11.2. The van der Waals surface area contributed by atoms with Gasteiger partial charge in [-0.3, -0.25) is 4.84 Å². The van der Waals surface area contributed by atoms with Crippen LogP contribution in [0.4, 0.5) is 4.79 Å². The van der Waals surface area contributed by atoms with Gasteiger partial charge in [-0.05, 0) is 27.2 Å². The molecule has 0 aromatic heterocycles. The summed E-state index contributed by atoms with van der Waals surface area (Å²) in [6.45, 7) is 7.75. The smallest absolute Gasteiger partial charge is 0.431 e. The molecule has 0 heterocycles. The lowest BCUT2D eigenvalue weighted by Gasteiger charge is -2.18. The van der Waals surface area contributed by atoms with Crippen molar-refractivity contribution in [3.63, 3.8) is 0 Å². The van der Waals surface area contributed by atoms with Crippen LogP contribution in [-0.2, 0) is 9.57 Å². The van der Waals surface area contributed by atoms with Gasteiger partial charge in [0.2, 0.25) is 0 Å². The van der Waals surface area contributed by atoms with Crippen molar-refractivity contribution in [3.8, 4) is 11.8 Å². The van der Waals surface area contributed by atoms with Gasteiger partial charge in [0.25, 0.3) is 0 Å². The summed E-state index contributed by atoms with van der Waals surface area (Å²) in [6.07, 6.45) is 5.14. The molecule has 0 aliphatic rings. The summed E-state index contributed by atoms with van der Waals surface area (Å²) in [6, 6.07) is 0. The third-order valence-electron chi connectivity index (χ3n) is 1.98. The SMILES string of the molecule is CCCCCCC#CCONC(=O)OC(C)(C)C. The van der Waals surface area contributed by atoms with Gasteiger partial charge in [0.1, 0.15) is 12.2 Å². The van der Waals surface area contributed by atoms with Crippen molar-refractivity contribution >= 4 is 6.09 Å². The predicted octanol–water partition coefficient (Wildman–Crippen LogP) is 3.42. The molecule has 104 valence electrons. The van der Waals surface area contributed by atoms with Crippen LogP contribution in [0.5, 0.6) is 0 Å². The monoisotopic (exact) mass is 255 g/mol. The van der Waals surface area contributed by atoms with Gasteiger partial charge >= 0.3 is 6.09 Å². The van der Waals surface area contributed by atoms with Crippen molar-refractivity contribution in [2.24, 2.45) is 0 Å². The Balaban J connectivity index is 3.45. The Bertz CT molecular complexity index is 284. The molecule has 0 aliphatic carbocycles. The van der Waals surface area contributed by atoms with E-state index in [0.29, 0.717) is 0 Å². The molecular weight excluding hydrogens is 230 g/mol. The zero-order chi connectivity index (χ0) is 13.9. The highest BCUT2D eigenvalue weighted by molar-refractivity contribution is 5.66. The fourth-order valence-corrected chi connectivity index (χ4v) is 1.21. The molecule has 18 heavy (non-hydrogen) atoms. The van der Waals surface area contributed by atoms with E-state index in [4.69, 9.17) is 9.57 Å². The second kappa shape index (κ2) is 9.78. The molecule has 0 aromatic rings. The lowest BCUT2D eigenvalue weighted by Crippen LogP contribution is -2.32. The normalized spacial score (nSPS) is 10.4. The number of nitrogens with one attached hydrogen (secondary N) is 1. The number of rotatable bonds is 6. The quantitative estimate of drug-likeness (QED) is 0.449. The highest BCUT2D eigenvalue weighted by Gasteiger charge is 2.15. The number of hydroxylamine groups is 1. The summed E-state index contributed by atoms with van der Waals surface area (Å²) in [4.78, 5) is 16.0. The van der Waals surface area contributed by atoms with Crippen LogP contribution in [-0.4, -0.2) is 18.3 Å². The number of ether oxygens (including phenoxy) is 1. The Morgan fingerprint density at radius 1 is 1.17 bits per heavy atom. The Kier molecular flexibility index (Phi) is 9.13. The van der Waals surface area contributed by atoms with Crippen LogP contribution in [0, 0.1) is 11.8 Å². The largest absolute Gasteiger partial charge is 0.442 e. The first-order chi connectivity index (χ1) is 8.45. The first-order valence-corrected chi connectivity index (χ1v) is 6.52. The highest BCUT2D eigenvalue weighted by Crippen LogP contribution is 2.06. The van der Waals surface area contributed by atoms with Crippen molar-refractivity contribution in [2.75, 3.05) is 6.61 Å². The van der Waals surface area contributed by atoms with E-state index in [1.165, 1.54) is 19.3 Å². The second-order valence-corrected chi connectivity index (χ2v) is 5.06. The van der Waals surface area contributed by atoms with E-state index >= 15 is 0 Å². The van der Waals surface area contributed by atoms with Crippen LogP contribution in [0.25, 0.3) is 0 Å². The second-order valence-electron chi connectivity index (χ2n) is 5.06. The van der Waals surface area contributed by atoms with E-state index in [0.717, 1.165) is 12.8 Å². The van der Waals surface area contributed by atoms with Crippen LogP contribution in [0.1, 0.15) is 59.8 Å². The highest BCUT2D eigenvalue weighted by atomic mass is 16.7. The Hall–Kier alpha value is -1.21. The molecule has 0 aromatic carbocycles. The summed E-state index contributed by atoms with van der Waals surface area (Å²) in [5, 5.41) is 0. The number of hydrogen-bond acceptors (Lipinski definition) is 3. The summed E-state index contributed by atoms with van der Waals surface area (Å²) in [7, 11) is 0. The van der Waals surface area contributed by atoms with Crippen molar-refractivity contribution in [1.82, 2.24) is 5.48 Å². The summed E-state index contributed by atoms with van der Waals surface area (Å²) < 4.78 is 4.99. The predicted molar refractivity (Wildman–Crippen MR) is 71.9 cm³/mol. The lowest BCUT2D eigenvalue weighted by molar-refractivity contribution is 0.00121. The molecule has 4 nitrogen and oxygen atoms in total. The van der Waals surface area contributed by atoms with E-state index < -0.39 is 11.7 Å². The minimum absolute atomic E-state index is 0.188. The lowest BCUT2D eigenvalue weighted by atomic mass is 10.2. The molecule has 0 radical (unpaired) electrons. The number of carbonyl (C=O) groups is 1. The van der Waals surface area contributed by atoms with Gasteiger partial charge in [0.05, 0.1) is 0 Å². The van der Waals surface area contributed by atoms with E-state index in [-0.39, 0.29) is 6.61 Å². The first kappa shape index (κ1) is 16.8. The molecule has 0 bridgehead atoms. The van der Waals surface area contributed by atoms with E-state index in [9.17, 15) is 4.79 Å². The van der Waals surface area contributed by atoms with Crippen LogP contribution in [0.3, 0.4) is 0 Å². The van der Waals surface area contributed by atoms with Crippen molar-refractivity contribution in [3.05, 3.63) is 0 Å². The molecule has 0 atom stereocenters. The van der Waals surface area contributed by atoms with E-state index in [2.05, 4.69) is 24.2 Å². The summed E-state index contributed by atoms with van der Waals surface area (Å²) in [5.41, 5.74) is 1.67. The van der Waals surface area contributed by atoms with E-state index in [1.807, 2.05) is 0 Å². The molecule has 0 aliphatic heterocycles. The number of amides is 1. The fraction of sp³-hybridized carbons (Fsp3) is 0.786. The molecule has 1 N–H and O–H groups in total. The van der Waals surface area contributed by atoms with Gasteiger partial charge in [-0.1, -0.05) is 32.1 Å². The van der Waals surface area contributed by atoms with Gasteiger partial charge in [-0.15, -0.1) is 5.92 Å². The van der Waals surface area contributed by atoms with Gasteiger partial charge in [0, 0.05) is 6.42 Å². The molecule has 0 spiro atoms. The summed E-state index contributed by atoms with van der Waals surface area (Å²) >= 11 is 0. The average Bonchev–Trinajstić information content (AvgIpc) is 2.24. The third kappa shape index (κ3) is 12.9. The maximum Gasteiger partial charge on any atom is 0.431 e. The standard InChI is InChI=1S/C14H25NO3/c1-5-6-7-8-9-10-11-12-17-15-13(16)18-14(2,3)4/h5-9,12H2,1-4H3,(H,15,16). The van der Waals surface area contributed by atoms with Crippen LogP contribution in [0.15, 0.2) is 0 Å². The molecule has 0 saturated heterocycles. The number of hydrogen-bond donors (Lipinski definition) is 1. The van der Waals surface area contributed by atoms with Gasteiger partial charge < -0.3 is 4.74 Å². The Morgan fingerprint density at radius 2 is 1.89 bits per heavy atom. The summed E-state index contributed by atoms with van der Waals surface area (Å²) in [5.74, 6) is 5.84. The Morgan fingerprint density at radius 3 is 2.50 bits per heavy atom. The van der Waals surface area contributed by atoms with Crippen LogP contribution < -0.4 is 5.48 Å². The van der Waals surface area contributed by atoms with Gasteiger partial charge in [0.15, 0.2) is 0 Å². The van der Waals surface area contributed by atoms with Crippen molar-refractivity contribution in [1.29, 1.82) is 0 Å². The molecule has 0 rings (SSSR count). The molecule has 0 saturated carbocycles. The molecule has 1 amide bonds. The van der Waals surface area contributed by atoms with Gasteiger partial charge in [-0.2, -0.15) is 5.48 Å². The zero-order valence-electron chi connectivity index (χ0n) is 12.0.